The van der Waals surface area contributed by atoms with Crippen LogP contribution in [0.3, 0.4) is 0 Å². The standard InChI is InChI=1S/C28H40N2O3S/c1-3-5-7-9-11-13-19-32-24-17-15-23(16-18-24)26-22-30-21-25(29-28(30)34-26)27(31)33-20-14-12-10-8-6-4-2/h15-18,21-22H,3-14,19-20H2,1-2H3. The summed E-state index contributed by atoms with van der Waals surface area (Å²) in [7, 11) is 0. The molecule has 34 heavy (non-hydrogen) atoms. The van der Waals surface area contributed by atoms with Gasteiger partial charge in [-0.1, -0.05) is 89.4 Å². The van der Waals surface area contributed by atoms with Crippen LogP contribution in [0.5, 0.6) is 5.75 Å². The molecule has 0 saturated heterocycles. The second-order valence-corrected chi connectivity index (χ2v) is 9.96. The molecule has 0 spiro atoms. The number of hydrogen-bond donors (Lipinski definition) is 0. The second-order valence-electron chi connectivity index (χ2n) is 8.96. The molecule has 6 heteroatoms. The third kappa shape index (κ3) is 8.46. The summed E-state index contributed by atoms with van der Waals surface area (Å²) < 4.78 is 13.2. The summed E-state index contributed by atoms with van der Waals surface area (Å²) in [6.07, 6.45) is 18.4. The third-order valence-corrected chi connectivity index (χ3v) is 7.05. The molecule has 0 atom stereocenters. The molecule has 0 unspecified atom stereocenters. The van der Waals surface area contributed by atoms with Crippen molar-refractivity contribution in [2.75, 3.05) is 13.2 Å². The van der Waals surface area contributed by atoms with Crippen molar-refractivity contribution in [2.24, 2.45) is 0 Å². The Labute approximate surface area is 208 Å². The van der Waals surface area contributed by atoms with E-state index >= 15 is 0 Å². The topological polar surface area (TPSA) is 52.8 Å². The molecule has 0 saturated carbocycles. The molecule has 3 aromatic rings. The molecule has 0 amide bonds. The van der Waals surface area contributed by atoms with Gasteiger partial charge in [-0.25, -0.2) is 9.78 Å². The largest absolute Gasteiger partial charge is 0.494 e. The van der Waals surface area contributed by atoms with Crippen LogP contribution in [0, 0.1) is 0 Å². The van der Waals surface area contributed by atoms with E-state index in [2.05, 4.69) is 31.0 Å². The van der Waals surface area contributed by atoms with E-state index in [1.54, 1.807) is 17.5 Å². The molecule has 2 aromatic heterocycles. The van der Waals surface area contributed by atoms with E-state index in [1.165, 1.54) is 57.8 Å². The highest BCUT2D eigenvalue weighted by molar-refractivity contribution is 7.20. The molecule has 1 aromatic carbocycles. The van der Waals surface area contributed by atoms with Gasteiger partial charge in [-0.3, -0.25) is 4.40 Å². The lowest BCUT2D eigenvalue weighted by Gasteiger charge is -2.06. The Hall–Kier alpha value is -2.34. The van der Waals surface area contributed by atoms with E-state index in [0.717, 1.165) is 47.0 Å². The van der Waals surface area contributed by atoms with E-state index in [-0.39, 0.29) is 5.97 Å². The Bertz CT molecular complexity index is 946. The first-order valence-electron chi connectivity index (χ1n) is 13.1. The molecule has 0 aliphatic carbocycles. The summed E-state index contributed by atoms with van der Waals surface area (Å²) in [5.74, 6) is 0.576. The fourth-order valence-electron chi connectivity index (χ4n) is 3.94. The normalized spacial score (nSPS) is 11.2. The molecular formula is C28H40N2O3S. The Kier molecular flexibility index (Phi) is 11.5. The molecule has 0 fully saturated rings. The van der Waals surface area contributed by atoms with Crippen LogP contribution in [0.4, 0.5) is 0 Å². The summed E-state index contributed by atoms with van der Waals surface area (Å²) in [6.45, 7) is 5.70. The minimum Gasteiger partial charge on any atom is -0.494 e. The van der Waals surface area contributed by atoms with Crippen molar-refractivity contribution in [3.63, 3.8) is 0 Å². The highest BCUT2D eigenvalue weighted by Gasteiger charge is 2.15. The summed E-state index contributed by atoms with van der Waals surface area (Å²) in [6, 6.07) is 8.22. The minimum absolute atomic E-state index is 0.335. The number of carbonyl (C=O) groups excluding carboxylic acids is 1. The van der Waals surface area contributed by atoms with Crippen LogP contribution in [0.2, 0.25) is 0 Å². The lowest BCUT2D eigenvalue weighted by Crippen LogP contribution is -2.06. The number of rotatable bonds is 17. The van der Waals surface area contributed by atoms with Gasteiger partial charge in [0.05, 0.1) is 18.1 Å². The number of aromatic nitrogens is 2. The number of thiazole rings is 1. The number of fused-ring (bicyclic) bond motifs is 1. The fraction of sp³-hybridized carbons (Fsp3) is 0.571. The number of hydrogen-bond acceptors (Lipinski definition) is 5. The highest BCUT2D eigenvalue weighted by atomic mass is 32.1. The average molecular weight is 485 g/mol. The highest BCUT2D eigenvalue weighted by Crippen LogP contribution is 2.30. The van der Waals surface area contributed by atoms with Gasteiger partial charge in [-0.2, -0.15) is 0 Å². The predicted molar refractivity (Wildman–Crippen MR) is 141 cm³/mol. The number of nitrogens with zero attached hydrogens (tertiary/aromatic N) is 2. The van der Waals surface area contributed by atoms with Gasteiger partial charge in [-0.05, 0) is 42.7 Å². The molecule has 0 bridgehead atoms. The van der Waals surface area contributed by atoms with Crippen molar-refractivity contribution in [3.8, 4) is 16.2 Å². The summed E-state index contributed by atoms with van der Waals surface area (Å²) in [5, 5.41) is 0. The van der Waals surface area contributed by atoms with E-state index in [9.17, 15) is 4.79 Å². The molecule has 0 aliphatic rings. The maximum Gasteiger partial charge on any atom is 0.358 e. The van der Waals surface area contributed by atoms with Gasteiger partial charge in [0.15, 0.2) is 10.7 Å². The lowest BCUT2D eigenvalue weighted by molar-refractivity contribution is 0.0491. The smallest absolute Gasteiger partial charge is 0.358 e. The van der Waals surface area contributed by atoms with Crippen LogP contribution < -0.4 is 4.74 Å². The van der Waals surface area contributed by atoms with E-state index in [1.807, 2.05) is 22.7 Å². The van der Waals surface area contributed by atoms with Gasteiger partial charge >= 0.3 is 5.97 Å². The fourth-order valence-corrected chi connectivity index (χ4v) is 4.91. The number of benzene rings is 1. The SMILES string of the molecule is CCCCCCCCOC(=O)c1cn2cc(-c3ccc(OCCCCCCCC)cc3)sc2n1. The first-order valence-corrected chi connectivity index (χ1v) is 13.9. The average Bonchev–Trinajstić information content (AvgIpc) is 3.43. The summed E-state index contributed by atoms with van der Waals surface area (Å²) in [4.78, 5) is 18.7. The van der Waals surface area contributed by atoms with Gasteiger partial charge in [-0.15, -0.1) is 0 Å². The zero-order valence-electron chi connectivity index (χ0n) is 20.9. The Morgan fingerprint density at radius 3 is 2.09 bits per heavy atom. The number of esters is 1. The van der Waals surface area contributed by atoms with Crippen molar-refractivity contribution in [3.05, 3.63) is 42.4 Å². The maximum atomic E-state index is 12.3. The molecule has 0 radical (unpaired) electrons. The zero-order chi connectivity index (χ0) is 24.0. The van der Waals surface area contributed by atoms with E-state index in [4.69, 9.17) is 9.47 Å². The van der Waals surface area contributed by atoms with Crippen molar-refractivity contribution in [1.29, 1.82) is 0 Å². The van der Waals surface area contributed by atoms with Crippen molar-refractivity contribution >= 4 is 22.3 Å². The zero-order valence-corrected chi connectivity index (χ0v) is 21.7. The molecule has 2 heterocycles. The molecule has 3 rings (SSSR count). The van der Waals surface area contributed by atoms with Crippen LogP contribution >= 0.6 is 11.3 Å². The van der Waals surface area contributed by atoms with Crippen molar-refractivity contribution < 1.29 is 14.3 Å². The van der Waals surface area contributed by atoms with Crippen molar-refractivity contribution in [2.45, 2.75) is 90.9 Å². The quantitative estimate of drug-likeness (QED) is 0.143. The molecular weight excluding hydrogens is 444 g/mol. The van der Waals surface area contributed by atoms with Gasteiger partial charge in [0.2, 0.25) is 0 Å². The van der Waals surface area contributed by atoms with Gasteiger partial charge < -0.3 is 9.47 Å². The molecule has 5 nitrogen and oxygen atoms in total. The van der Waals surface area contributed by atoms with Crippen molar-refractivity contribution in [1.82, 2.24) is 9.38 Å². The Balaban J connectivity index is 1.42. The van der Waals surface area contributed by atoms with Crippen LogP contribution in [-0.2, 0) is 4.74 Å². The maximum absolute atomic E-state index is 12.3. The number of unbranched alkanes of at least 4 members (excludes halogenated alkanes) is 10. The summed E-state index contributed by atoms with van der Waals surface area (Å²) >= 11 is 1.57. The molecule has 0 N–H and O–H groups in total. The first-order chi connectivity index (χ1) is 16.7. The minimum atomic E-state index is -0.335. The van der Waals surface area contributed by atoms with Gasteiger partial charge in [0, 0.05) is 12.4 Å². The molecule has 186 valence electrons. The number of ether oxygens (including phenoxy) is 2. The van der Waals surface area contributed by atoms with E-state index in [0.29, 0.717) is 12.3 Å². The van der Waals surface area contributed by atoms with Crippen LogP contribution in [-0.4, -0.2) is 28.6 Å². The Morgan fingerprint density at radius 2 is 1.44 bits per heavy atom. The number of carbonyl (C=O) groups is 1. The monoisotopic (exact) mass is 484 g/mol. The Morgan fingerprint density at radius 1 is 0.824 bits per heavy atom. The molecule has 0 aliphatic heterocycles. The van der Waals surface area contributed by atoms with Crippen LogP contribution in [0.15, 0.2) is 36.7 Å². The summed E-state index contributed by atoms with van der Waals surface area (Å²) in [5.41, 5.74) is 1.50. The first kappa shape index (κ1) is 26.3. The van der Waals surface area contributed by atoms with Crippen LogP contribution in [0.25, 0.3) is 15.4 Å². The van der Waals surface area contributed by atoms with Gasteiger partial charge in [0.25, 0.3) is 0 Å². The lowest BCUT2D eigenvalue weighted by atomic mass is 10.1. The second kappa shape index (κ2) is 14.8. The van der Waals surface area contributed by atoms with E-state index < -0.39 is 0 Å². The third-order valence-electron chi connectivity index (χ3n) is 6.00. The van der Waals surface area contributed by atoms with Gasteiger partial charge in [0.1, 0.15) is 5.75 Å². The predicted octanol–water partition coefficient (Wildman–Crippen LogP) is 8.32. The number of imidazole rings is 1. The van der Waals surface area contributed by atoms with Crippen LogP contribution in [0.1, 0.15) is 101 Å².